The monoisotopic (exact) mass is 751 g/mol. The molecular formula is C38H57N9O7. The number of carbonyl (C=O) groups excluding carboxylic acids is 6. The van der Waals surface area contributed by atoms with Crippen LogP contribution in [0.2, 0.25) is 0 Å². The van der Waals surface area contributed by atoms with Gasteiger partial charge in [-0.15, -0.1) is 0 Å². The molecule has 16 heteroatoms. The summed E-state index contributed by atoms with van der Waals surface area (Å²) in [5, 5.41) is 12.3. The van der Waals surface area contributed by atoms with Gasteiger partial charge in [-0.05, 0) is 93.4 Å². The minimum absolute atomic E-state index is 0.00730. The number of hydrogen-bond acceptors (Lipinski definition) is 8. The number of H-pyrrole nitrogens is 1. The topological polar surface area (TPSA) is 242 Å². The first-order chi connectivity index (χ1) is 25.4. The third kappa shape index (κ3) is 12.9. The summed E-state index contributed by atoms with van der Waals surface area (Å²) in [5.41, 5.74) is 16.3. The van der Waals surface area contributed by atoms with Crippen LogP contribution in [0.1, 0.15) is 99.0 Å². The second kappa shape index (κ2) is 19.9. The third-order valence-electron chi connectivity index (χ3n) is 9.16. The Balaban J connectivity index is 1.76. The van der Waals surface area contributed by atoms with Crippen LogP contribution in [0.25, 0.3) is 21.3 Å². The molecule has 1 aliphatic heterocycles. The number of carbonyl (C=O) groups is 6. The Morgan fingerprint density at radius 3 is 2.35 bits per heavy atom. The van der Waals surface area contributed by atoms with Crippen LogP contribution in [0.4, 0.5) is 0 Å². The number of amides is 5. The number of nitrogens with zero attached hydrogens (tertiary/aromatic N) is 4. The highest BCUT2D eigenvalue weighted by atomic mass is 16.6. The van der Waals surface area contributed by atoms with E-state index >= 15 is 0 Å². The van der Waals surface area contributed by atoms with Crippen molar-refractivity contribution >= 4 is 46.4 Å². The minimum Gasteiger partial charge on any atom is -0.460 e. The van der Waals surface area contributed by atoms with Gasteiger partial charge in [0.25, 0.3) is 0 Å². The number of nitrogens with two attached hydrogens (primary N) is 1. The van der Waals surface area contributed by atoms with Gasteiger partial charge in [0, 0.05) is 35.0 Å². The molecule has 1 aliphatic rings. The number of aromatic nitrogens is 1. The molecule has 5 atom stereocenters. The van der Waals surface area contributed by atoms with Crippen molar-refractivity contribution in [3.8, 4) is 0 Å². The predicted octanol–water partition coefficient (Wildman–Crippen LogP) is 3.92. The Kier molecular flexibility index (Phi) is 16.0. The highest BCUT2D eigenvalue weighted by molar-refractivity contribution is 5.96. The average molecular weight is 752 g/mol. The number of hydrogen-bond donors (Lipinski definition) is 5. The maximum atomic E-state index is 14.2. The Morgan fingerprint density at radius 2 is 1.70 bits per heavy atom. The summed E-state index contributed by atoms with van der Waals surface area (Å²) in [6.45, 7) is 12.8. The lowest BCUT2D eigenvalue weighted by atomic mass is 9.99. The first kappa shape index (κ1) is 43.5. The van der Waals surface area contributed by atoms with Crippen LogP contribution in [-0.2, 0) is 39.9 Å². The first-order valence-corrected chi connectivity index (χ1v) is 18.7. The average Bonchev–Trinajstić information content (AvgIpc) is 3.74. The first-order valence-electron chi connectivity index (χ1n) is 18.7. The standard InChI is InChI=1S/C38H57N9O7/c1-22(2)19-29(34(50)45-46-40)43-36(52)32(23(3)4)44-35(51)30-16-12-18-47(30)37(53)28(15-10-11-17-31(48)54-38(5,6)7)42-33(49)26(39)20-24-21-41-27-14-9-8-13-25(24)27/h8-9,13-14,21-23,26,28-30,32,41H,10-12,15-20,39H2,1-7H3,(H,42,49)(H,43,52)(H,44,51)/t26-,28-,29+,30+,32-/m1/s1. The van der Waals surface area contributed by atoms with E-state index in [-0.39, 0.29) is 44.1 Å². The zero-order valence-corrected chi connectivity index (χ0v) is 32.5. The third-order valence-corrected chi connectivity index (χ3v) is 9.16. The molecule has 6 N–H and O–H groups in total. The van der Waals surface area contributed by atoms with Crippen LogP contribution in [0.3, 0.4) is 0 Å². The Bertz CT molecular complexity index is 1690. The molecular weight excluding hydrogens is 694 g/mol. The minimum atomic E-state index is -1.07. The molecule has 1 fully saturated rings. The number of unbranched alkanes of at least 4 members (excludes halogenated alkanes) is 1. The van der Waals surface area contributed by atoms with E-state index in [1.807, 2.05) is 38.1 Å². The van der Waals surface area contributed by atoms with Gasteiger partial charge in [0.2, 0.25) is 29.5 Å². The van der Waals surface area contributed by atoms with Crippen molar-refractivity contribution in [2.24, 2.45) is 22.7 Å². The number of esters is 1. The van der Waals surface area contributed by atoms with Gasteiger partial charge >= 0.3 is 5.97 Å². The molecule has 2 aromatic rings. The number of benzene rings is 1. The number of aromatic amines is 1. The van der Waals surface area contributed by atoms with Crippen LogP contribution < -0.4 is 21.7 Å². The number of likely N-dealkylation sites (tertiary alicyclic amines) is 1. The second-order valence-corrected chi connectivity index (χ2v) is 15.7. The lowest BCUT2D eigenvalue weighted by molar-refractivity contribution is -0.155. The van der Waals surface area contributed by atoms with Gasteiger partial charge in [-0.3, -0.25) is 28.8 Å². The van der Waals surface area contributed by atoms with E-state index in [1.54, 1.807) is 40.8 Å². The summed E-state index contributed by atoms with van der Waals surface area (Å²) in [5.74, 6) is -3.79. The van der Waals surface area contributed by atoms with E-state index in [4.69, 9.17) is 16.0 Å². The number of para-hydroxylation sites is 1. The van der Waals surface area contributed by atoms with Crippen molar-refractivity contribution in [1.29, 1.82) is 0 Å². The molecule has 0 radical (unpaired) electrons. The maximum Gasteiger partial charge on any atom is 0.306 e. The van der Waals surface area contributed by atoms with Crippen LogP contribution in [0.5, 0.6) is 0 Å². The fraction of sp³-hybridized carbons (Fsp3) is 0.632. The van der Waals surface area contributed by atoms with Crippen molar-refractivity contribution < 1.29 is 33.5 Å². The molecule has 0 bridgehead atoms. The summed E-state index contributed by atoms with van der Waals surface area (Å²) in [6.07, 6.45) is 4.22. The van der Waals surface area contributed by atoms with E-state index in [9.17, 15) is 28.8 Å². The number of nitrogens with one attached hydrogen (secondary N) is 4. The molecule has 1 aromatic heterocycles. The van der Waals surface area contributed by atoms with Crippen LogP contribution >= 0.6 is 0 Å². The van der Waals surface area contributed by atoms with Gasteiger partial charge in [-0.1, -0.05) is 52.3 Å². The lowest BCUT2D eigenvalue weighted by Crippen LogP contribution is -2.59. The van der Waals surface area contributed by atoms with Crippen LogP contribution in [0, 0.1) is 11.8 Å². The summed E-state index contributed by atoms with van der Waals surface area (Å²) < 4.78 is 5.40. The van der Waals surface area contributed by atoms with E-state index in [0.29, 0.717) is 25.7 Å². The normalized spacial score (nSPS) is 16.6. The smallest absolute Gasteiger partial charge is 0.306 e. The van der Waals surface area contributed by atoms with E-state index in [1.165, 1.54) is 4.90 Å². The molecule has 16 nitrogen and oxygen atoms in total. The molecule has 5 amide bonds. The highest BCUT2D eigenvalue weighted by Gasteiger charge is 2.40. The largest absolute Gasteiger partial charge is 0.460 e. The molecule has 54 heavy (non-hydrogen) atoms. The summed E-state index contributed by atoms with van der Waals surface area (Å²) in [6, 6.07) is 2.58. The maximum absolute atomic E-state index is 14.2. The molecule has 0 spiro atoms. The van der Waals surface area contributed by atoms with Gasteiger partial charge in [0.15, 0.2) is 0 Å². The van der Waals surface area contributed by atoms with Gasteiger partial charge in [-0.25, -0.2) is 0 Å². The van der Waals surface area contributed by atoms with Gasteiger partial charge in [0.05, 0.1) is 12.1 Å². The molecule has 0 saturated carbocycles. The van der Waals surface area contributed by atoms with Gasteiger partial charge in [0.1, 0.15) is 23.7 Å². The molecule has 1 aromatic carbocycles. The fourth-order valence-corrected chi connectivity index (χ4v) is 6.53. The summed E-state index contributed by atoms with van der Waals surface area (Å²) in [7, 11) is 0. The predicted molar refractivity (Wildman–Crippen MR) is 203 cm³/mol. The van der Waals surface area contributed by atoms with Crippen LogP contribution in [0.15, 0.2) is 35.6 Å². The van der Waals surface area contributed by atoms with Gasteiger partial charge in [-0.2, -0.15) is 0 Å². The van der Waals surface area contributed by atoms with Crippen molar-refractivity contribution in [2.75, 3.05) is 6.54 Å². The van der Waals surface area contributed by atoms with Crippen LogP contribution in [-0.4, -0.2) is 87.7 Å². The van der Waals surface area contributed by atoms with E-state index in [2.05, 4.69) is 31.0 Å². The molecule has 0 unspecified atom stereocenters. The Labute approximate surface area is 316 Å². The molecule has 0 aliphatic carbocycles. The van der Waals surface area contributed by atoms with Gasteiger partial charge < -0.3 is 36.3 Å². The molecule has 3 rings (SSSR count). The molecule has 2 heterocycles. The Morgan fingerprint density at radius 1 is 1.02 bits per heavy atom. The van der Waals surface area contributed by atoms with E-state index in [0.717, 1.165) is 16.5 Å². The highest BCUT2D eigenvalue weighted by Crippen LogP contribution is 2.22. The number of fused-ring (bicyclic) bond motifs is 1. The molecule has 296 valence electrons. The van der Waals surface area contributed by atoms with Crippen molar-refractivity contribution in [3.05, 3.63) is 46.5 Å². The zero-order valence-electron chi connectivity index (χ0n) is 32.5. The van der Waals surface area contributed by atoms with Crippen molar-refractivity contribution in [3.63, 3.8) is 0 Å². The second-order valence-electron chi connectivity index (χ2n) is 15.7. The van der Waals surface area contributed by atoms with Crippen molar-refractivity contribution in [1.82, 2.24) is 25.8 Å². The zero-order chi connectivity index (χ0) is 40.2. The van der Waals surface area contributed by atoms with E-state index < -0.39 is 71.3 Å². The fourth-order valence-electron chi connectivity index (χ4n) is 6.53. The summed E-state index contributed by atoms with van der Waals surface area (Å²) >= 11 is 0. The SMILES string of the molecule is CC(C)C[C@H](NC(=O)[C@H](NC(=O)[C@@H]1CCCN1C(=O)[C@@H](CCCCC(=O)OC(C)(C)C)NC(=O)[C@H](N)Cc1c[nH]c2ccccc12)C(C)C)C(=O)N=[N+]=[N-]. The summed E-state index contributed by atoms with van der Waals surface area (Å²) in [4.78, 5) is 86.8. The quantitative estimate of drug-likeness (QED) is 0.0490. The van der Waals surface area contributed by atoms with Crippen molar-refractivity contribution in [2.45, 2.75) is 136 Å². The molecule has 1 saturated heterocycles. The number of rotatable bonds is 18. The number of ether oxygens (including phenoxy) is 1. The lowest BCUT2D eigenvalue weighted by Gasteiger charge is -2.31. The Hall–Kier alpha value is -4.95. The number of azide groups is 1.